The van der Waals surface area contributed by atoms with E-state index < -0.39 is 5.97 Å². The molecule has 0 amide bonds. The maximum atomic E-state index is 10.8. The predicted molar refractivity (Wildman–Crippen MR) is 103 cm³/mol. The summed E-state index contributed by atoms with van der Waals surface area (Å²) in [5.74, 6) is 0.261. The van der Waals surface area contributed by atoms with E-state index in [1.165, 1.54) is 37.9 Å². The molecule has 2 N–H and O–H groups in total. The van der Waals surface area contributed by atoms with E-state index in [9.17, 15) is 4.79 Å². The Balaban J connectivity index is 1.86. The summed E-state index contributed by atoms with van der Waals surface area (Å²) in [6.07, 6.45) is 8.94. The number of para-hydroxylation sites is 1. The van der Waals surface area contributed by atoms with E-state index in [1.54, 1.807) is 12.3 Å². The van der Waals surface area contributed by atoms with Gasteiger partial charge >= 0.3 is 5.97 Å². The van der Waals surface area contributed by atoms with Gasteiger partial charge in [-0.05, 0) is 30.7 Å². The molecular weight excluding hydrogens is 330 g/mol. The number of carbonyl (C=O) groups is 1. The average molecular weight is 355 g/mol. The van der Waals surface area contributed by atoms with Crippen LogP contribution in [0.15, 0.2) is 47.7 Å². The first-order valence-corrected chi connectivity index (χ1v) is 8.91. The molecule has 0 aliphatic heterocycles. The highest BCUT2D eigenvalue weighted by Gasteiger charge is 2.03. The maximum absolute atomic E-state index is 10.8. The van der Waals surface area contributed by atoms with Gasteiger partial charge in [0.1, 0.15) is 11.6 Å². The Kier molecular flexibility index (Phi) is 8.12. The summed E-state index contributed by atoms with van der Waals surface area (Å²) in [4.78, 5) is 14.8. The molecule has 0 unspecified atom stereocenters. The molecule has 0 aliphatic rings. The Morgan fingerprint density at radius 2 is 2.00 bits per heavy atom. The number of aromatic carboxylic acids is 1. The number of pyridine rings is 1. The van der Waals surface area contributed by atoms with Gasteiger partial charge in [0.2, 0.25) is 0 Å². The topological polar surface area (TPSA) is 83.8 Å². The van der Waals surface area contributed by atoms with Crippen LogP contribution in [0.25, 0.3) is 0 Å². The lowest BCUT2D eigenvalue weighted by atomic mass is 10.2. The lowest BCUT2D eigenvalue weighted by Gasteiger charge is -2.08. The summed E-state index contributed by atoms with van der Waals surface area (Å²) in [6, 6.07) is 10.8. The number of benzene rings is 1. The third-order valence-electron chi connectivity index (χ3n) is 3.82. The summed E-state index contributed by atoms with van der Waals surface area (Å²) in [7, 11) is 0. The average Bonchev–Trinajstić information content (AvgIpc) is 2.66. The van der Waals surface area contributed by atoms with Crippen molar-refractivity contribution < 1.29 is 14.6 Å². The molecular formula is C20H25N3O3. The van der Waals surface area contributed by atoms with Crippen molar-refractivity contribution in [3.63, 3.8) is 0 Å². The van der Waals surface area contributed by atoms with Crippen LogP contribution in [-0.2, 0) is 0 Å². The molecule has 6 nitrogen and oxygen atoms in total. The molecule has 1 heterocycles. The fourth-order valence-electron chi connectivity index (χ4n) is 2.36. The van der Waals surface area contributed by atoms with E-state index in [2.05, 4.69) is 22.4 Å². The molecule has 0 saturated heterocycles. The quantitative estimate of drug-likeness (QED) is 0.350. The van der Waals surface area contributed by atoms with E-state index in [-0.39, 0.29) is 5.56 Å². The molecule has 0 radical (unpaired) electrons. The first kappa shape index (κ1) is 19.4. The molecule has 138 valence electrons. The molecule has 26 heavy (non-hydrogen) atoms. The monoisotopic (exact) mass is 355 g/mol. The van der Waals surface area contributed by atoms with Gasteiger partial charge < -0.3 is 9.84 Å². The molecule has 0 aliphatic carbocycles. The Bertz CT molecular complexity index is 714. The van der Waals surface area contributed by atoms with Crippen molar-refractivity contribution in [2.24, 2.45) is 5.10 Å². The van der Waals surface area contributed by atoms with Crippen LogP contribution in [0.1, 0.15) is 54.9 Å². The Hall–Kier alpha value is -2.89. The molecule has 0 fully saturated rings. The van der Waals surface area contributed by atoms with Crippen molar-refractivity contribution in [1.82, 2.24) is 4.98 Å². The molecule has 2 aromatic rings. The third-order valence-corrected chi connectivity index (χ3v) is 3.82. The zero-order valence-electron chi connectivity index (χ0n) is 15.0. The van der Waals surface area contributed by atoms with Gasteiger partial charge in [0.25, 0.3) is 0 Å². The van der Waals surface area contributed by atoms with Gasteiger partial charge in [-0.25, -0.2) is 9.78 Å². The molecule has 6 heteroatoms. The van der Waals surface area contributed by atoms with Crippen LogP contribution in [0.3, 0.4) is 0 Å². The number of anilines is 1. The second-order valence-electron chi connectivity index (χ2n) is 5.91. The molecule has 0 saturated carbocycles. The maximum Gasteiger partial charge on any atom is 0.337 e. The van der Waals surface area contributed by atoms with E-state index in [4.69, 9.17) is 9.84 Å². The van der Waals surface area contributed by atoms with Crippen LogP contribution >= 0.6 is 0 Å². The number of hydrazone groups is 1. The fraction of sp³-hybridized carbons (Fsp3) is 0.350. The second-order valence-corrected chi connectivity index (χ2v) is 5.91. The van der Waals surface area contributed by atoms with Gasteiger partial charge in [0.15, 0.2) is 0 Å². The van der Waals surface area contributed by atoms with Gasteiger partial charge in [0.05, 0.1) is 18.4 Å². The first-order valence-electron chi connectivity index (χ1n) is 8.91. The van der Waals surface area contributed by atoms with Gasteiger partial charge in [-0.1, -0.05) is 44.7 Å². The highest BCUT2D eigenvalue weighted by molar-refractivity contribution is 5.87. The van der Waals surface area contributed by atoms with E-state index in [0.29, 0.717) is 12.4 Å². The zero-order valence-corrected chi connectivity index (χ0v) is 15.0. The lowest BCUT2D eigenvalue weighted by molar-refractivity contribution is 0.0696. The van der Waals surface area contributed by atoms with Crippen LogP contribution in [0, 0.1) is 0 Å². The minimum absolute atomic E-state index is 0.136. The minimum Gasteiger partial charge on any atom is -0.493 e. The van der Waals surface area contributed by atoms with Crippen molar-refractivity contribution >= 4 is 18.0 Å². The van der Waals surface area contributed by atoms with Crippen LogP contribution in [0.2, 0.25) is 0 Å². The number of hydrogen-bond acceptors (Lipinski definition) is 5. The molecule has 1 aromatic carbocycles. The van der Waals surface area contributed by atoms with Crippen molar-refractivity contribution in [2.45, 2.75) is 39.0 Å². The Morgan fingerprint density at radius 3 is 2.73 bits per heavy atom. The number of ether oxygens (including phenoxy) is 1. The summed E-state index contributed by atoms with van der Waals surface area (Å²) in [5, 5.41) is 13.0. The van der Waals surface area contributed by atoms with E-state index in [0.717, 1.165) is 17.7 Å². The number of unbranched alkanes of at least 4 members (excludes halogenated alkanes) is 4. The zero-order chi connectivity index (χ0) is 18.6. The van der Waals surface area contributed by atoms with Crippen LogP contribution in [0.4, 0.5) is 5.82 Å². The molecule has 0 atom stereocenters. The fourth-order valence-corrected chi connectivity index (χ4v) is 2.36. The Morgan fingerprint density at radius 1 is 1.19 bits per heavy atom. The first-order chi connectivity index (χ1) is 12.7. The summed E-state index contributed by atoms with van der Waals surface area (Å²) in [6.45, 7) is 2.90. The number of aromatic nitrogens is 1. The van der Waals surface area contributed by atoms with Gasteiger partial charge in [-0.3, -0.25) is 5.43 Å². The summed E-state index contributed by atoms with van der Waals surface area (Å²) in [5.41, 5.74) is 3.79. The summed E-state index contributed by atoms with van der Waals surface area (Å²) >= 11 is 0. The van der Waals surface area contributed by atoms with Gasteiger partial charge in [-0.2, -0.15) is 5.10 Å². The SMILES string of the molecule is CCCCCCCOc1ccccc1/C=N/Nc1ccc(C(=O)O)cn1. The number of nitrogens with zero attached hydrogens (tertiary/aromatic N) is 2. The minimum atomic E-state index is -1.01. The number of nitrogens with one attached hydrogen (secondary N) is 1. The Labute approximate surface area is 153 Å². The summed E-state index contributed by atoms with van der Waals surface area (Å²) < 4.78 is 5.86. The highest BCUT2D eigenvalue weighted by atomic mass is 16.5. The number of hydrogen-bond donors (Lipinski definition) is 2. The number of rotatable bonds is 11. The van der Waals surface area contributed by atoms with Crippen molar-refractivity contribution in [3.8, 4) is 5.75 Å². The van der Waals surface area contributed by atoms with Crippen LogP contribution < -0.4 is 10.2 Å². The normalized spacial score (nSPS) is 10.8. The molecule has 2 rings (SSSR count). The van der Waals surface area contributed by atoms with Gasteiger partial charge in [0, 0.05) is 11.8 Å². The van der Waals surface area contributed by atoms with E-state index in [1.807, 2.05) is 24.3 Å². The van der Waals surface area contributed by atoms with Crippen molar-refractivity contribution in [1.29, 1.82) is 0 Å². The third kappa shape index (κ3) is 6.55. The smallest absolute Gasteiger partial charge is 0.337 e. The predicted octanol–water partition coefficient (Wildman–Crippen LogP) is 4.58. The largest absolute Gasteiger partial charge is 0.493 e. The molecule has 1 aromatic heterocycles. The standard InChI is InChI=1S/C20H25N3O3/c1-2-3-4-5-8-13-26-18-10-7-6-9-16(18)15-22-23-19-12-11-17(14-21-19)20(24)25/h6-7,9-12,14-15H,2-5,8,13H2,1H3,(H,21,23)(H,24,25)/b22-15+. The number of carboxylic acid groups (broad SMARTS) is 1. The van der Waals surface area contributed by atoms with Crippen LogP contribution in [0.5, 0.6) is 5.75 Å². The van der Waals surface area contributed by atoms with E-state index >= 15 is 0 Å². The van der Waals surface area contributed by atoms with Crippen LogP contribution in [-0.4, -0.2) is 28.9 Å². The molecule has 0 spiro atoms. The highest BCUT2D eigenvalue weighted by Crippen LogP contribution is 2.17. The van der Waals surface area contributed by atoms with Crippen molar-refractivity contribution in [3.05, 3.63) is 53.7 Å². The van der Waals surface area contributed by atoms with Crippen molar-refractivity contribution in [2.75, 3.05) is 12.0 Å². The molecule has 0 bridgehead atoms. The second kappa shape index (κ2) is 10.9. The lowest BCUT2D eigenvalue weighted by Crippen LogP contribution is -2.01. The number of carboxylic acids is 1. The van der Waals surface area contributed by atoms with Gasteiger partial charge in [-0.15, -0.1) is 0 Å².